The summed E-state index contributed by atoms with van der Waals surface area (Å²) in [4.78, 5) is 21.8. The van der Waals surface area contributed by atoms with Gasteiger partial charge in [0, 0.05) is 6.20 Å². The number of aromatic nitrogens is 7. The summed E-state index contributed by atoms with van der Waals surface area (Å²) in [5, 5.41) is 14.0. The van der Waals surface area contributed by atoms with Crippen LogP contribution in [-0.4, -0.2) is 47.4 Å². The molecule has 0 saturated heterocycles. The molecule has 0 unspecified atom stereocenters. The van der Waals surface area contributed by atoms with E-state index in [9.17, 15) is 18.0 Å². The lowest BCUT2D eigenvalue weighted by Gasteiger charge is -2.14. The number of ether oxygens (including phenoxy) is 2. The minimum atomic E-state index is -4.93. The van der Waals surface area contributed by atoms with Gasteiger partial charge in [0.15, 0.2) is 11.5 Å². The lowest BCUT2D eigenvalue weighted by atomic mass is 10.2. The van der Waals surface area contributed by atoms with Crippen LogP contribution in [0.3, 0.4) is 0 Å². The van der Waals surface area contributed by atoms with Gasteiger partial charge < -0.3 is 14.8 Å². The van der Waals surface area contributed by atoms with E-state index >= 15 is 0 Å². The van der Waals surface area contributed by atoms with Crippen molar-refractivity contribution in [2.45, 2.75) is 6.18 Å². The molecule has 33 heavy (non-hydrogen) atoms. The number of nitrogens with zero attached hydrogens (tertiary/aromatic N) is 7. The Morgan fingerprint density at radius 2 is 1.88 bits per heavy atom. The Bertz CT molecular complexity index is 1360. The van der Waals surface area contributed by atoms with Gasteiger partial charge in [-0.3, -0.25) is 4.79 Å². The van der Waals surface area contributed by atoms with Crippen molar-refractivity contribution in [1.82, 2.24) is 34.7 Å². The van der Waals surface area contributed by atoms with Crippen LogP contribution in [0.2, 0.25) is 5.02 Å². The Morgan fingerprint density at radius 3 is 2.61 bits per heavy atom. The van der Waals surface area contributed by atoms with E-state index in [4.69, 9.17) is 21.1 Å². The van der Waals surface area contributed by atoms with Crippen LogP contribution in [0.25, 0.3) is 11.5 Å². The number of carbonyl (C=O) groups excluding carboxylic acids is 1. The number of nitrogens with one attached hydrogen (secondary N) is 1. The maximum atomic E-state index is 14.0. The van der Waals surface area contributed by atoms with Crippen LogP contribution < -0.4 is 14.8 Å². The summed E-state index contributed by atoms with van der Waals surface area (Å²) in [7, 11) is 0. The lowest BCUT2D eigenvalue weighted by Crippen LogP contribution is -2.21. The number of rotatable bonds is 4. The second-order valence-corrected chi connectivity index (χ2v) is 6.90. The Morgan fingerprint density at radius 1 is 1.09 bits per heavy atom. The van der Waals surface area contributed by atoms with Crippen LogP contribution in [0, 0.1) is 0 Å². The highest BCUT2D eigenvalue weighted by Gasteiger charge is 2.41. The van der Waals surface area contributed by atoms with E-state index in [1.165, 1.54) is 36.9 Å². The topological polar surface area (TPSA) is 122 Å². The molecule has 5 heterocycles. The molecule has 15 heteroatoms. The zero-order valence-electron chi connectivity index (χ0n) is 16.1. The molecule has 0 aromatic carbocycles. The molecule has 4 aromatic heterocycles. The maximum absolute atomic E-state index is 14.0. The van der Waals surface area contributed by atoms with Gasteiger partial charge in [-0.1, -0.05) is 11.6 Å². The molecular weight excluding hydrogens is 469 g/mol. The van der Waals surface area contributed by atoms with E-state index in [0.717, 1.165) is 11.0 Å². The van der Waals surface area contributed by atoms with Gasteiger partial charge in [0.1, 0.15) is 5.69 Å². The first kappa shape index (κ1) is 20.7. The monoisotopic (exact) mass is 478 g/mol. The number of amides is 1. The van der Waals surface area contributed by atoms with Crippen molar-refractivity contribution in [2.24, 2.45) is 0 Å². The van der Waals surface area contributed by atoms with E-state index < -0.39 is 23.3 Å². The number of hydrogen-bond acceptors (Lipinski definition) is 8. The second kappa shape index (κ2) is 7.74. The summed E-state index contributed by atoms with van der Waals surface area (Å²) in [6.07, 6.45) is 1.16. The Balaban J connectivity index is 1.49. The van der Waals surface area contributed by atoms with E-state index in [1.54, 1.807) is 0 Å². The Hall–Kier alpha value is -4.20. The van der Waals surface area contributed by atoms with E-state index in [1.807, 2.05) is 0 Å². The van der Waals surface area contributed by atoms with Crippen molar-refractivity contribution in [3.05, 3.63) is 59.4 Å². The van der Waals surface area contributed by atoms with Crippen LogP contribution in [0.5, 0.6) is 11.6 Å². The van der Waals surface area contributed by atoms with Crippen molar-refractivity contribution in [3.8, 4) is 23.1 Å². The number of carbonyl (C=O) groups is 1. The Kier molecular flexibility index (Phi) is 4.85. The van der Waals surface area contributed by atoms with Gasteiger partial charge in [0.05, 0.1) is 41.1 Å². The highest BCUT2D eigenvalue weighted by atomic mass is 35.5. The smallest absolute Gasteiger partial charge is 0.434 e. The molecule has 1 amide bonds. The third kappa shape index (κ3) is 3.69. The predicted octanol–water partition coefficient (Wildman–Crippen LogP) is 2.90. The number of hydrogen-bond donors (Lipinski definition) is 1. The molecule has 0 bridgehead atoms. The van der Waals surface area contributed by atoms with E-state index in [-0.39, 0.29) is 40.6 Å². The van der Waals surface area contributed by atoms with E-state index in [2.05, 4.69) is 30.6 Å². The summed E-state index contributed by atoms with van der Waals surface area (Å²) < 4.78 is 52.8. The molecule has 0 atom stereocenters. The van der Waals surface area contributed by atoms with Crippen molar-refractivity contribution in [3.63, 3.8) is 0 Å². The fourth-order valence-corrected chi connectivity index (χ4v) is 3.35. The van der Waals surface area contributed by atoms with Crippen LogP contribution in [0.4, 0.5) is 18.9 Å². The maximum Gasteiger partial charge on any atom is 0.434 e. The molecule has 0 saturated carbocycles. The van der Waals surface area contributed by atoms with Crippen molar-refractivity contribution >= 4 is 23.2 Å². The minimum absolute atomic E-state index is 0.0168. The third-order valence-electron chi connectivity index (χ3n) is 4.45. The molecule has 0 radical (unpaired) electrons. The quantitative estimate of drug-likeness (QED) is 0.475. The summed E-state index contributed by atoms with van der Waals surface area (Å²) in [6, 6.07) is 2.58. The van der Waals surface area contributed by atoms with Gasteiger partial charge in [0.2, 0.25) is 12.5 Å². The largest absolute Gasteiger partial charge is 0.449 e. The third-order valence-corrected chi connectivity index (χ3v) is 4.73. The Labute approximate surface area is 186 Å². The summed E-state index contributed by atoms with van der Waals surface area (Å²) in [5.41, 5.74) is -2.05. The minimum Gasteiger partial charge on any atom is -0.449 e. The first-order valence-electron chi connectivity index (χ1n) is 9.06. The van der Waals surface area contributed by atoms with Gasteiger partial charge in [-0.05, 0) is 12.1 Å². The van der Waals surface area contributed by atoms with Gasteiger partial charge in [0.25, 0.3) is 11.8 Å². The van der Waals surface area contributed by atoms with Crippen LogP contribution in [0.15, 0.2) is 43.1 Å². The normalized spacial score (nSPS) is 12.7. The fourth-order valence-electron chi connectivity index (χ4n) is 3.11. The van der Waals surface area contributed by atoms with Crippen LogP contribution >= 0.6 is 11.6 Å². The summed E-state index contributed by atoms with van der Waals surface area (Å²) in [6.45, 7) is -0.201. The molecule has 1 aliphatic heterocycles. The van der Waals surface area contributed by atoms with Gasteiger partial charge >= 0.3 is 6.18 Å². The number of pyridine rings is 2. The highest BCUT2D eigenvalue weighted by Crippen LogP contribution is 2.40. The van der Waals surface area contributed by atoms with Crippen LogP contribution in [-0.2, 0) is 6.18 Å². The predicted molar refractivity (Wildman–Crippen MR) is 105 cm³/mol. The number of alkyl halides is 3. The molecule has 168 valence electrons. The van der Waals surface area contributed by atoms with Gasteiger partial charge in [-0.15, -0.1) is 4.80 Å². The molecule has 1 N–H and O–H groups in total. The number of fused-ring (bicyclic) bond motifs is 1. The van der Waals surface area contributed by atoms with E-state index in [0.29, 0.717) is 4.68 Å². The average Bonchev–Trinajstić information content (AvgIpc) is 3.52. The zero-order valence-corrected chi connectivity index (χ0v) is 16.9. The highest BCUT2D eigenvalue weighted by molar-refractivity contribution is 6.32. The molecule has 0 aliphatic carbocycles. The first-order valence-corrected chi connectivity index (χ1v) is 9.44. The zero-order chi connectivity index (χ0) is 23.2. The van der Waals surface area contributed by atoms with Crippen molar-refractivity contribution in [1.29, 1.82) is 0 Å². The second-order valence-electron chi connectivity index (χ2n) is 6.49. The first-order chi connectivity index (χ1) is 15.8. The standard InChI is InChI=1S/C18H10ClF3N8O3/c19-11-5-9(6-24-15(11)30-25-3-4-26-30)28-16(31)10-7-27-29(14(10)18(20,21)22)12-1-2-23-17-13(12)32-8-33-17/h1-7H,8H2,(H,28,31). The summed E-state index contributed by atoms with van der Waals surface area (Å²) in [5.74, 6) is -0.886. The van der Waals surface area contributed by atoms with Crippen molar-refractivity contribution < 1.29 is 27.4 Å². The SMILES string of the molecule is O=C(Nc1cnc(-n2nccn2)c(Cl)c1)c1cnn(-c2ccnc3c2OCO3)c1C(F)(F)F. The summed E-state index contributed by atoms with van der Waals surface area (Å²) >= 11 is 6.15. The van der Waals surface area contributed by atoms with Crippen LogP contribution in [0.1, 0.15) is 16.1 Å². The molecule has 0 spiro atoms. The molecule has 4 aromatic rings. The molecule has 0 fully saturated rings. The average molecular weight is 479 g/mol. The number of halogens is 4. The van der Waals surface area contributed by atoms with Crippen molar-refractivity contribution in [2.75, 3.05) is 12.1 Å². The molecule has 5 rings (SSSR count). The number of anilines is 1. The molecular formula is C18H10ClF3N8O3. The lowest BCUT2D eigenvalue weighted by molar-refractivity contribution is -0.143. The van der Waals surface area contributed by atoms with Gasteiger partial charge in [-0.25, -0.2) is 14.6 Å². The molecule has 1 aliphatic rings. The van der Waals surface area contributed by atoms with Gasteiger partial charge in [-0.2, -0.15) is 28.5 Å². The molecule has 11 nitrogen and oxygen atoms in total. The fraction of sp³-hybridized carbons (Fsp3) is 0.111.